The second-order valence-corrected chi connectivity index (χ2v) is 8.05. The number of rotatable bonds is 5. The van der Waals surface area contributed by atoms with E-state index in [2.05, 4.69) is 34.9 Å². The third-order valence-corrected chi connectivity index (χ3v) is 5.90. The van der Waals surface area contributed by atoms with Gasteiger partial charge in [0.15, 0.2) is 11.5 Å². The van der Waals surface area contributed by atoms with Crippen LogP contribution in [0, 0.1) is 0 Å². The van der Waals surface area contributed by atoms with Gasteiger partial charge in [-0.2, -0.15) is 0 Å². The summed E-state index contributed by atoms with van der Waals surface area (Å²) in [6, 6.07) is 24.9. The van der Waals surface area contributed by atoms with Gasteiger partial charge >= 0.3 is 0 Å². The number of hydrogen-bond donors (Lipinski definition) is 3. The Morgan fingerprint density at radius 1 is 0.853 bits per heavy atom. The van der Waals surface area contributed by atoms with Gasteiger partial charge in [-0.1, -0.05) is 48.5 Å². The summed E-state index contributed by atoms with van der Waals surface area (Å²) in [7, 11) is 1.49. The highest BCUT2D eigenvalue weighted by Gasteiger charge is 2.27. The van der Waals surface area contributed by atoms with Gasteiger partial charge in [-0.25, -0.2) is 0 Å². The standard InChI is InChI=1S/C28H22N2O4/c1-34-26-11-6-17(12-25(26)31)15-29-16-24-23-14-21(9-10-22(23)27(32)30-28(24)33)20-8-7-18-4-2-3-5-19(18)13-20/h2-14,16,29,31H,15H2,1H3,(H,30,32,33). The van der Waals surface area contributed by atoms with Gasteiger partial charge in [0.05, 0.1) is 12.7 Å². The quantitative estimate of drug-likeness (QED) is 0.305. The Labute approximate surface area is 196 Å². The Balaban J connectivity index is 1.47. The van der Waals surface area contributed by atoms with Gasteiger partial charge in [0, 0.05) is 23.9 Å². The van der Waals surface area contributed by atoms with Crippen molar-refractivity contribution < 1.29 is 19.4 Å². The van der Waals surface area contributed by atoms with Gasteiger partial charge < -0.3 is 15.2 Å². The van der Waals surface area contributed by atoms with E-state index >= 15 is 0 Å². The minimum atomic E-state index is -0.460. The number of ether oxygens (including phenoxy) is 1. The minimum Gasteiger partial charge on any atom is -0.504 e. The van der Waals surface area contributed by atoms with Crippen LogP contribution in [0.4, 0.5) is 0 Å². The summed E-state index contributed by atoms with van der Waals surface area (Å²) in [6.45, 7) is 0.377. The predicted octanol–water partition coefficient (Wildman–Crippen LogP) is 4.62. The van der Waals surface area contributed by atoms with Gasteiger partial charge in [0.2, 0.25) is 0 Å². The van der Waals surface area contributed by atoms with E-state index in [1.165, 1.54) is 7.11 Å². The lowest BCUT2D eigenvalue weighted by Crippen LogP contribution is -2.37. The van der Waals surface area contributed by atoms with Crippen molar-refractivity contribution in [2.75, 3.05) is 7.11 Å². The first-order valence-electron chi connectivity index (χ1n) is 10.8. The van der Waals surface area contributed by atoms with Crippen LogP contribution < -0.4 is 15.4 Å². The van der Waals surface area contributed by atoms with E-state index in [4.69, 9.17) is 4.74 Å². The summed E-state index contributed by atoms with van der Waals surface area (Å²) in [5.41, 5.74) is 4.12. The monoisotopic (exact) mass is 450 g/mol. The van der Waals surface area contributed by atoms with Crippen LogP contribution in [-0.2, 0) is 11.3 Å². The van der Waals surface area contributed by atoms with E-state index in [1.54, 1.807) is 24.4 Å². The molecular weight excluding hydrogens is 428 g/mol. The van der Waals surface area contributed by atoms with Crippen LogP contribution in [0.15, 0.2) is 85.1 Å². The summed E-state index contributed by atoms with van der Waals surface area (Å²) in [6.07, 6.45) is 1.60. The smallest absolute Gasteiger partial charge is 0.260 e. The second kappa shape index (κ2) is 8.75. The number of amides is 2. The molecule has 5 rings (SSSR count). The van der Waals surface area contributed by atoms with Crippen LogP contribution in [0.25, 0.3) is 27.5 Å². The number of carbonyl (C=O) groups excluding carboxylic acids is 2. The van der Waals surface area contributed by atoms with E-state index in [1.807, 2.05) is 36.4 Å². The van der Waals surface area contributed by atoms with Gasteiger partial charge in [-0.05, 0) is 57.8 Å². The molecule has 168 valence electrons. The van der Waals surface area contributed by atoms with Crippen LogP contribution >= 0.6 is 0 Å². The Kier molecular flexibility index (Phi) is 5.47. The summed E-state index contributed by atoms with van der Waals surface area (Å²) in [5.74, 6) is -0.441. The average molecular weight is 450 g/mol. The van der Waals surface area contributed by atoms with E-state index in [0.717, 1.165) is 27.5 Å². The SMILES string of the molecule is COc1ccc(CNC=C2C(=O)NC(=O)c3ccc(-c4ccc5ccccc5c4)cc32)cc1O. The fourth-order valence-electron chi connectivity index (χ4n) is 4.13. The van der Waals surface area contributed by atoms with Gasteiger partial charge in [0.25, 0.3) is 11.8 Å². The molecule has 0 aromatic heterocycles. The summed E-state index contributed by atoms with van der Waals surface area (Å²) < 4.78 is 5.07. The van der Waals surface area contributed by atoms with Crippen molar-refractivity contribution in [2.45, 2.75) is 6.54 Å². The molecule has 0 fully saturated rings. The number of imide groups is 1. The number of benzene rings is 4. The Hall–Kier alpha value is -4.58. The Morgan fingerprint density at radius 3 is 2.41 bits per heavy atom. The lowest BCUT2D eigenvalue weighted by Gasteiger charge is -2.19. The van der Waals surface area contributed by atoms with Crippen molar-refractivity contribution in [3.8, 4) is 22.6 Å². The number of nitrogens with one attached hydrogen (secondary N) is 2. The highest BCUT2D eigenvalue weighted by atomic mass is 16.5. The maximum absolute atomic E-state index is 12.7. The number of aromatic hydroxyl groups is 1. The molecule has 0 saturated heterocycles. The van der Waals surface area contributed by atoms with Crippen LogP contribution in [0.5, 0.6) is 11.5 Å². The molecule has 4 aromatic rings. The van der Waals surface area contributed by atoms with Crippen molar-refractivity contribution in [2.24, 2.45) is 0 Å². The predicted molar refractivity (Wildman–Crippen MR) is 131 cm³/mol. The first-order valence-corrected chi connectivity index (χ1v) is 10.8. The van der Waals surface area contributed by atoms with E-state index in [0.29, 0.717) is 29.0 Å². The molecule has 1 heterocycles. The molecule has 0 atom stereocenters. The molecule has 0 unspecified atom stereocenters. The largest absolute Gasteiger partial charge is 0.504 e. The molecule has 0 spiro atoms. The minimum absolute atomic E-state index is 0.0424. The molecule has 0 bridgehead atoms. The maximum atomic E-state index is 12.7. The highest BCUT2D eigenvalue weighted by Crippen LogP contribution is 2.31. The average Bonchev–Trinajstić information content (AvgIpc) is 2.85. The summed E-state index contributed by atoms with van der Waals surface area (Å²) >= 11 is 0. The topological polar surface area (TPSA) is 87.7 Å². The Morgan fingerprint density at radius 2 is 1.62 bits per heavy atom. The van der Waals surface area contributed by atoms with Crippen molar-refractivity contribution in [3.63, 3.8) is 0 Å². The highest BCUT2D eigenvalue weighted by molar-refractivity contribution is 6.31. The number of phenolic OH excluding ortho intramolecular Hbond substituents is 1. The maximum Gasteiger partial charge on any atom is 0.260 e. The van der Waals surface area contributed by atoms with Crippen molar-refractivity contribution in [3.05, 3.63) is 102 Å². The van der Waals surface area contributed by atoms with Crippen LogP contribution in [0.3, 0.4) is 0 Å². The fourth-order valence-corrected chi connectivity index (χ4v) is 4.13. The third-order valence-electron chi connectivity index (χ3n) is 5.90. The zero-order valence-corrected chi connectivity index (χ0v) is 18.5. The molecular formula is C28H22N2O4. The van der Waals surface area contributed by atoms with Crippen LogP contribution in [0.1, 0.15) is 21.5 Å². The first kappa shape index (κ1) is 21.3. The number of phenols is 1. The zero-order valence-electron chi connectivity index (χ0n) is 18.5. The molecule has 6 nitrogen and oxygen atoms in total. The van der Waals surface area contributed by atoms with E-state index < -0.39 is 11.8 Å². The van der Waals surface area contributed by atoms with E-state index in [-0.39, 0.29) is 5.75 Å². The van der Waals surface area contributed by atoms with Gasteiger partial charge in [0.1, 0.15) is 0 Å². The molecule has 1 aliphatic rings. The van der Waals surface area contributed by atoms with Gasteiger partial charge in [-0.15, -0.1) is 0 Å². The lowest BCUT2D eigenvalue weighted by molar-refractivity contribution is -0.114. The number of fused-ring (bicyclic) bond motifs is 2. The molecule has 4 aromatic carbocycles. The number of methoxy groups -OCH3 is 1. The van der Waals surface area contributed by atoms with Crippen LogP contribution in [-0.4, -0.2) is 24.0 Å². The van der Waals surface area contributed by atoms with Crippen molar-refractivity contribution in [1.82, 2.24) is 10.6 Å². The Bertz CT molecular complexity index is 1470. The second-order valence-electron chi connectivity index (χ2n) is 8.05. The summed E-state index contributed by atoms with van der Waals surface area (Å²) in [5, 5.41) is 17.8. The fraction of sp³-hybridized carbons (Fsp3) is 0.0714. The van der Waals surface area contributed by atoms with Crippen molar-refractivity contribution in [1.29, 1.82) is 0 Å². The normalized spacial score (nSPS) is 14.1. The van der Waals surface area contributed by atoms with E-state index in [9.17, 15) is 14.7 Å². The molecule has 2 amide bonds. The molecule has 0 saturated carbocycles. The molecule has 1 aliphatic heterocycles. The molecule has 0 radical (unpaired) electrons. The molecule has 0 aliphatic carbocycles. The third kappa shape index (κ3) is 3.97. The summed E-state index contributed by atoms with van der Waals surface area (Å²) in [4.78, 5) is 25.1. The van der Waals surface area contributed by atoms with Crippen LogP contribution in [0.2, 0.25) is 0 Å². The van der Waals surface area contributed by atoms with Gasteiger partial charge in [-0.3, -0.25) is 14.9 Å². The first-order chi connectivity index (χ1) is 16.5. The molecule has 3 N–H and O–H groups in total. The zero-order chi connectivity index (χ0) is 23.7. The van der Waals surface area contributed by atoms with Crippen molar-refractivity contribution >= 4 is 28.2 Å². The number of carbonyl (C=O) groups is 2. The number of hydrogen-bond acceptors (Lipinski definition) is 5. The lowest BCUT2D eigenvalue weighted by atomic mass is 9.91. The molecule has 6 heteroatoms. The molecule has 34 heavy (non-hydrogen) atoms.